The minimum atomic E-state index is -1.10. The zero-order valence-electron chi connectivity index (χ0n) is 19.3. The van der Waals surface area contributed by atoms with Gasteiger partial charge in [-0.25, -0.2) is 9.67 Å². The fraction of sp³-hybridized carbons (Fsp3) is 0.455. The second kappa shape index (κ2) is 11.1. The van der Waals surface area contributed by atoms with E-state index in [1.807, 2.05) is 6.07 Å². The molecular formula is C22H26ClN7O4S2. The number of hydrogen-bond acceptors (Lipinski definition) is 12. The number of aliphatic hydroxyl groups excluding tert-OH is 2. The standard InChI is InChI=1S/C22H26ClN7O4S2/c1-33-20-18(30-8-13(28-29-30)14-10-35-22(24)27-14)19(32)15(9-31)34-21(20)36-16-6-12(23)7-26-17(16)11-2-4-25-5-3-11/h2,6-8,10,15,18-21,25,31-32H,3-5,9H2,1H3,(H2,24,27)/t15-,18+,19+,20-,21-/m1/s1. The Morgan fingerprint density at radius 2 is 2.28 bits per heavy atom. The van der Waals surface area contributed by atoms with Crippen molar-refractivity contribution in [3.05, 3.63) is 40.6 Å². The predicted molar refractivity (Wildman–Crippen MR) is 138 cm³/mol. The van der Waals surface area contributed by atoms with Crippen LogP contribution in [-0.2, 0) is 9.47 Å². The molecule has 0 aliphatic carbocycles. The Morgan fingerprint density at radius 3 is 2.97 bits per heavy atom. The average molecular weight is 552 g/mol. The number of nitrogen functional groups attached to an aromatic ring is 1. The summed E-state index contributed by atoms with van der Waals surface area (Å²) < 4.78 is 13.5. The van der Waals surface area contributed by atoms with Crippen LogP contribution in [-0.4, -0.2) is 85.7 Å². The first-order valence-electron chi connectivity index (χ1n) is 11.3. The van der Waals surface area contributed by atoms with Gasteiger partial charge in [0.05, 0.1) is 23.5 Å². The van der Waals surface area contributed by atoms with E-state index in [0.717, 1.165) is 35.7 Å². The summed E-state index contributed by atoms with van der Waals surface area (Å²) in [7, 11) is 1.55. The molecule has 14 heteroatoms. The molecule has 0 unspecified atom stereocenters. The van der Waals surface area contributed by atoms with Gasteiger partial charge in [-0.3, -0.25) is 4.98 Å². The van der Waals surface area contributed by atoms with Gasteiger partial charge in [0.2, 0.25) is 0 Å². The molecule has 1 fully saturated rings. The van der Waals surface area contributed by atoms with E-state index >= 15 is 0 Å². The summed E-state index contributed by atoms with van der Waals surface area (Å²) >= 11 is 9.01. The minimum Gasteiger partial charge on any atom is -0.394 e. The van der Waals surface area contributed by atoms with Crippen LogP contribution < -0.4 is 11.1 Å². The first-order valence-corrected chi connectivity index (χ1v) is 13.4. The first kappa shape index (κ1) is 25.5. The number of ether oxygens (including phenoxy) is 2. The molecule has 192 valence electrons. The van der Waals surface area contributed by atoms with Crippen LogP contribution in [0.2, 0.25) is 5.02 Å². The predicted octanol–water partition coefficient (Wildman–Crippen LogP) is 1.84. The molecule has 0 bridgehead atoms. The highest BCUT2D eigenvalue weighted by Gasteiger charge is 2.47. The fourth-order valence-corrected chi connectivity index (χ4v) is 6.49. The molecule has 0 spiro atoms. The number of hydrogen-bond donors (Lipinski definition) is 4. The summed E-state index contributed by atoms with van der Waals surface area (Å²) in [4.78, 5) is 9.68. The van der Waals surface area contributed by atoms with Crippen LogP contribution in [0.4, 0.5) is 5.13 Å². The quantitative estimate of drug-likeness (QED) is 0.340. The third-order valence-corrected chi connectivity index (χ3v) is 8.18. The number of halogens is 1. The van der Waals surface area contributed by atoms with Crippen LogP contribution in [0.3, 0.4) is 0 Å². The molecular weight excluding hydrogens is 526 g/mol. The van der Waals surface area contributed by atoms with Crippen molar-refractivity contribution in [3.8, 4) is 11.4 Å². The number of nitrogens with two attached hydrogens (primary N) is 1. The Kier molecular flexibility index (Phi) is 7.88. The molecule has 1 saturated heterocycles. The van der Waals surface area contributed by atoms with Gasteiger partial charge in [-0.2, -0.15) is 0 Å². The van der Waals surface area contributed by atoms with E-state index in [9.17, 15) is 10.2 Å². The summed E-state index contributed by atoms with van der Waals surface area (Å²) in [6.07, 6.45) is 3.66. The second-order valence-electron chi connectivity index (χ2n) is 8.36. The van der Waals surface area contributed by atoms with Gasteiger partial charge in [-0.05, 0) is 24.6 Å². The highest BCUT2D eigenvalue weighted by Crippen LogP contribution is 2.42. The first-order chi connectivity index (χ1) is 17.5. The summed E-state index contributed by atoms with van der Waals surface area (Å²) in [5.74, 6) is 0. The van der Waals surface area contributed by atoms with Crippen molar-refractivity contribution in [3.63, 3.8) is 0 Å². The maximum absolute atomic E-state index is 11.1. The van der Waals surface area contributed by atoms with Crippen LogP contribution in [0.5, 0.6) is 0 Å². The van der Waals surface area contributed by atoms with Crippen LogP contribution in [0, 0.1) is 0 Å². The maximum atomic E-state index is 11.1. The summed E-state index contributed by atoms with van der Waals surface area (Å²) in [6.45, 7) is 1.25. The van der Waals surface area contributed by atoms with E-state index in [4.69, 9.17) is 26.8 Å². The fourth-order valence-electron chi connectivity index (χ4n) is 4.37. The Hall–Kier alpha value is -2.10. The lowest BCUT2D eigenvalue weighted by atomic mass is 9.97. The molecule has 0 amide bonds. The smallest absolute Gasteiger partial charge is 0.180 e. The van der Waals surface area contributed by atoms with Crippen molar-refractivity contribution in [1.29, 1.82) is 0 Å². The molecule has 5 rings (SSSR count). The monoisotopic (exact) mass is 551 g/mol. The molecule has 0 aromatic carbocycles. The Morgan fingerprint density at radius 1 is 1.42 bits per heavy atom. The van der Waals surface area contributed by atoms with Gasteiger partial charge in [0, 0.05) is 30.1 Å². The lowest BCUT2D eigenvalue weighted by molar-refractivity contribution is -0.186. The molecule has 0 saturated carbocycles. The van der Waals surface area contributed by atoms with Crippen molar-refractivity contribution in [2.45, 2.75) is 41.1 Å². The minimum absolute atomic E-state index is 0.382. The summed E-state index contributed by atoms with van der Waals surface area (Å²) in [5.41, 5.74) is 8.21. The van der Waals surface area contributed by atoms with E-state index in [0.29, 0.717) is 21.5 Å². The van der Waals surface area contributed by atoms with Gasteiger partial charge in [0.25, 0.3) is 0 Å². The van der Waals surface area contributed by atoms with Crippen LogP contribution >= 0.6 is 34.7 Å². The van der Waals surface area contributed by atoms with Gasteiger partial charge in [-0.15, -0.1) is 16.4 Å². The zero-order valence-corrected chi connectivity index (χ0v) is 21.7. The lowest BCUT2D eigenvalue weighted by Gasteiger charge is -2.43. The number of pyridine rings is 1. The van der Waals surface area contributed by atoms with Gasteiger partial charge in [0.15, 0.2) is 5.13 Å². The van der Waals surface area contributed by atoms with Crippen LogP contribution in [0.25, 0.3) is 17.0 Å². The van der Waals surface area contributed by atoms with Crippen molar-refractivity contribution >= 4 is 45.4 Å². The lowest BCUT2D eigenvalue weighted by Crippen LogP contribution is -2.55. The van der Waals surface area contributed by atoms with E-state index < -0.39 is 29.8 Å². The molecule has 5 heterocycles. The average Bonchev–Trinajstić information content (AvgIpc) is 3.54. The zero-order chi connectivity index (χ0) is 25.2. The molecule has 2 aliphatic heterocycles. The second-order valence-corrected chi connectivity index (χ2v) is 10.8. The topological polar surface area (TPSA) is 153 Å². The molecule has 5 N–H and O–H groups in total. The van der Waals surface area contributed by atoms with Crippen LogP contribution in [0.15, 0.2) is 34.8 Å². The van der Waals surface area contributed by atoms with E-state index in [1.165, 1.54) is 27.8 Å². The number of nitrogens with one attached hydrogen (secondary N) is 1. The van der Waals surface area contributed by atoms with Gasteiger partial charge in [-0.1, -0.05) is 34.7 Å². The number of thioether (sulfide) groups is 1. The maximum Gasteiger partial charge on any atom is 0.180 e. The van der Waals surface area contributed by atoms with E-state index in [1.54, 1.807) is 24.9 Å². The third-order valence-electron chi connectivity index (χ3n) is 6.13. The molecule has 11 nitrogen and oxygen atoms in total. The molecule has 0 radical (unpaired) electrons. The highest BCUT2D eigenvalue weighted by atomic mass is 35.5. The summed E-state index contributed by atoms with van der Waals surface area (Å²) in [6, 6.07) is 1.16. The number of aromatic nitrogens is 5. The van der Waals surface area contributed by atoms with Crippen molar-refractivity contribution in [2.24, 2.45) is 0 Å². The Balaban J connectivity index is 1.48. The van der Waals surface area contributed by atoms with Gasteiger partial charge < -0.3 is 30.7 Å². The number of anilines is 1. The molecule has 36 heavy (non-hydrogen) atoms. The van der Waals surface area contributed by atoms with E-state index in [-0.39, 0.29) is 6.61 Å². The number of nitrogens with zero attached hydrogens (tertiary/aromatic N) is 5. The molecule has 3 aromatic rings. The third kappa shape index (κ3) is 5.15. The highest BCUT2D eigenvalue weighted by molar-refractivity contribution is 7.99. The summed E-state index contributed by atoms with van der Waals surface area (Å²) in [5, 5.41) is 35.6. The molecule has 5 atom stereocenters. The van der Waals surface area contributed by atoms with Crippen molar-refractivity contribution in [2.75, 3.05) is 32.5 Å². The number of rotatable bonds is 7. The van der Waals surface area contributed by atoms with Gasteiger partial charge in [0.1, 0.15) is 41.2 Å². The van der Waals surface area contributed by atoms with Crippen LogP contribution in [0.1, 0.15) is 18.2 Å². The largest absolute Gasteiger partial charge is 0.394 e. The SMILES string of the molecule is CO[C@@H]1[C@@H](n2cc(-c3csc(N)n3)nn2)[C@@H](O)[C@@H](CO)O[C@@H]1Sc1cc(Cl)cnc1C1=CCNCC1. The van der Waals surface area contributed by atoms with Gasteiger partial charge >= 0.3 is 0 Å². The number of thiazole rings is 1. The number of methoxy groups -OCH3 is 1. The molecule has 3 aromatic heterocycles. The van der Waals surface area contributed by atoms with Crippen molar-refractivity contribution < 1.29 is 19.7 Å². The Bertz CT molecular complexity index is 1240. The Labute approximate surface area is 220 Å². The molecule has 2 aliphatic rings. The normalized spacial score (nSPS) is 26.7. The van der Waals surface area contributed by atoms with Crippen molar-refractivity contribution in [1.82, 2.24) is 30.3 Å². The van der Waals surface area contributed by atoms with E-state index in [2.05, 4.69) is 31.7 Å². The number of aliphatic hydroxyl groups is 2.